The van der Waals surface area contributed by atoms with Gasteiger partial charge in [-0.3, -0.25) is 0 Å². The van der Waals surface area contributed by atoms with Crippen molar-refractivity contribution in [3.8, 4) is 0 Å². The Morgan fingerprint density at radius 2 is 1.73 bits per heavy atom. The molecule has 0 radical (unpaired) electrons. The molecule has 1 rings (SSSR count). The topological polar surface area (TPSA) is 12.0 Å². The normalized spacial score (nSPS) is 20.8. The zero-order valence-electron chi connectivity index (χ0n) is 10.9. The molecule has 90 valence electrons. The van der Waals surface area contributed by atoms with Crippen LogP contribution in [0, 0.1) is 11.8 Å². The SMILES string of the molecule is CC(CCNC(C)C)CC1CCCCC1. The van der Waals surface area contributed by atoms with Crippen molar-refractivity contribution in [1.29, 1.82) is 0 Å². The van der Waals surface area contributed by atoms with Gasteiger partial charge in [-0.25, -0.2) is 0 Å². The zero-order valence-corrected chi connectivity index (χ0v) is 10.9. The van der Waals surface area contributed by atoms with E-state index >= 15 is 0 Å². The molecule has 1 aliphatic rings. The lowest BCUT2D eigenvalue weighted by Gasteiger charge is -2.24. The maximum atomic E-state index is 3.51. The highest BCUT2D eigenvalue weighted by atomic mass is 14.9. The number of hydrogen-bond donors (Lipinski definition) is 1. The minimum atomic E-state index is 0.645. The summed E-state index contributed by atoms with van der Waals surface area (Å²) in [5.74, 6) is 1.96. The molecule has 0 aromatic rings. The van der Waals surface area contributed by atoms with E-state index in [4.69, 9.17) is 0 Å². The minimum Gasteiger partial charge on any atom is -0.315 e. The number of hydrogen-bond acceptors (Lipinski definition) is 1. The third-order valence-corrected chi connectivity index (χ3v) is 3.65. The van der Waals surface area contributed by atoms with Gasteiger partial charge in [-0.05, 0) is 31.2 Å². The van der Waals surface area contributed by atoms with Crippen molar-refractivity contribution in [2.24, 2.45) is 11.8 Å². The first-order valence-electron chi connectivity index (χ1n) is 6.92. The van der Waals surface area contributed by atoms with E-state index in [1.54, 1.807) is 0 Å². The molecule has 1 nitrogen and oxygen atoms in total. The minimum absolute atomic E-state index is 0.645. The van der Waals surface area contributed by atoms with Gasteiger partial charge in [0.05, 0.1) is 0 Å². The highest BCUT2D eigenvalue weighted by Crippen LogP contribution is 2.29. The first kappa shape index (κ1) is 13.0. The lowest BCUT2D eigenvalue weighted by molar-refractivity contribution is 0.287. The first-order chi connectivity index (χ1) is 7.18. The summed E-state index contributed by atoms with van der Waals surface area (Å²) in [6, 6.07) is 0.645. The van der Waals surface area contributed by atoms with Crippen LogP contribution in [-0.4, -0.2) is 12.6 Å². The molecule has 0 aromatic carbocycles. The van der Waals surface area contributed by atoms with Crippen LogP contribution in [0.3, 0.4) is 0 Å². The summed E-state index contributed by atoms with van der Waals surface area (Å²) >= 11 is 0. The third-order valence-electron chi connectivity index (χ3n) is 3.65. The van der Waals surface area contributed by atoms with Crippen LogP contribution in [0.5, 0.6) is 0 Å². The summed E-state index contributed by atoms with van der Waals surface area (Å²) in [6.45, 7) is 8.08. The van der Waals surface area contributed by atoms with Crippen molar-refractivity contribution in [2.75, 3.05) is 6.54 Å². The average molecular weight is 211 g/mol. The van der Waals surface area contributed by atoms with Crippen LogP contribution in [0.1, 0.15) is 65.7 Å². The summed E-state index contributed by atoms with van der Waals surface area (Å²) in [5.41, 5.74) is 0. The fraction of sp³-hybridized carbons (Fsp3) is 1.00. The number of nitrogens with one attached hydrogen (secondary N) is 1. The molecule has 0 aromatic heterocycles. The second kappa shape index (κ2) is 7.27. The van der Waals surface area contributed by atoms with E-state index < -0.39 is 0 Å². The lowest BCUT2D eigenvalue weighted by atomic mass is 9.82. The van der Waals surface area contributed by atoms with Gasteiger partial charge in [-0.2, -0.15) is 0 Å². The quantitative estimate of drug-likeness (QED) is 0.700. The average Bonchev–Trinajstić information content (AvgIpc) is 2.18. The Kier molecular flexibility index (Phi) is 6.31. The maximum Gasteiger partial charge on any atom is 0.00103 e. The molecule has 1 atom stereocenters. The largest absolute Gasteiger partial charge is 0.315 e. The van der Waals surface area contributed by atoms with Gasteiger partial charge in [0, 0.05) is 6.04 Å². The molecule has 15 heavy (non-hydrogen) atoms. The Bertz CT molecular complexity index is 147. The fourth-order valence-corrected chi connectivity index (χ4v) is 2.73. The molecule has 1 fully saturated rings. The van der Waals surface area contributed by atoms with Crippen molar-refractivity contribution in [3.63, 3.8) is 0 Å². The highest BCUT2D eigenvalue weighted by Gasteiger charge is 2.16. The first-order valence-corrected chi connectivity index (χ1v) is 6.92. The summed E-state index contributed by atoms with van der Waals surface area (Å²) in [7, 11) is 0. The van der Waals surface area contributed by atoms with E-state index in [1.807, 2.05) is 0 Å². The van der Waals surface area contributed by atoms with Gasteiger partial charge >= 0.3 is 0 Å². The van der Waals surface area contributed by atoms with E-state index in [0.29, 0.717) is 6.04 Å². The highest BCUT2D eigenvalue weighted by molar-refractivity contribution is 4.69. The van der Waals surface area contributed by atoms with E-state index in [1.165, 1.54) is 51.5 Å². The Balaban J connectivity index is 2.03. The fourth-order valence-electron chi connectivity index (χ4n) is 2.73. The van der Waals surface area contributed by atoms with E-state index in [9.17, 15) is 0 Å². The second-order valence-corrected chi connectivity index (χ2v) is 5.74. The molecule has 1 N–H and O–H groups in total. The van der Waals surface area contributed by atoms with Crippen molar-refractivity contribution < 1.29 is 0 Å². The summed E-state index contributed by atoms with van der Waals surface area (Å²) in [6.07, 6.45) is 10.3. The van der Waals surface area contributed by atoms with Gasteiger partial charge in [-0.15, -0.1) is 0 Å². The Morgan fingerprint density at radius 1 is 1.07 bits per heavy atom. The molecule has 0 bridgehead atoms. The number of rotatable bonds is 6. The molecule has 1 aliphatic carbocycles. The Labute approximate surface area is 96.0 Å². The van der Waals surface area contributed by atoms with Gasteiger partial charge in [0.2, 0.25) is 0 Å². The van der Waals surface area contributed by atoms with Gasteiger partial charge in [0.25, 0.3) is 0 Å². The molecular formula is C14H29N. The van der Waals surface area contributed by atoms with E-state index in [0.717, 1.165) is 11.8 Å². The lowest BCUT2D eigenvalue weighted by Crippen LogP contribution is -2.25. The molecular weight excluding hydrogens is 182 g/mol. The zero-order chi connectivity index (χ0) is 11.1. The van der Waals surface area contributed by atoms with Crippen LogP contribution in [0.25, 0.3) is 0 Å². The molecule has 0 amide bonds. The van der Waals surface area contributed by atoms with Crippen LogP contribution < -0.4 is 5.32 Å². The Hall–Kier alpha value is -0.0400. The Morgan fingerprint density at radius 3 is 2.33 bits per heavy atom. The molecule has 1 saturated carbocycles. The van der Waals surface area contributed by atoms with Crippen LogP contribution in [-0.2, 0) is 0 Å². The monoisotopic (exact) mass is 211 g/mol. The van der Waals surface area contributed by atoms with E-state index in [2.05, 4.69) is 26.1 Å². The van der Waals surface area contributed by atoms with Crippen LogP contribution in [0.15, 0.2) is 0 Å². The summed E-state index contributed by atoms with van der Waals surface area (Å²) < 4.78 is 0. The predicted octanol–water partition coefficient (Wildman–Crippen LogP) is 3.98. The van der Waals surface area contributed by atoms with Crippen molar-refractivity contribution in [3.05, 3.63) is 0 Å². The predicted molar refractivity (Wildman–Crippen MR) is 68.1 cm³/mol. The van der Waals surface area contributed by atoms with E-state index in [-0.39, 0.29) is 0 Å². The molecule has 0 heterocycles. The smallest absolute Gasteiger partial charge is 0.00103 e. The summed E-state index contributed by atoms with van der Waals surface area (Å²) in [4.78, 5) is 0. The van der Waals surface area contributed by atoms with Gasteiger partial charge in [0.15, 0.2) is 0 Å². The van der Waals surface area contributed by atoms with Gasteiger partial charge in [-0.1, -0.05) is 52.9 Å². The molecule has 1 unspecified atom stereocenters. The third kappa shape index (κ3) is 6.19. The summed E-state index contributed by atoms with van der Waals surface area (Å²) in [5, 5.41) is 3.51. The molecule has 0 spiro atoms. The maximum absolute atomic E-state index is 3.51. The standard InChI is InChI=1S/C14H29N/c1-12(2)15-10-9-13(3)11-14-7-5-4-6-8-14/h12-15H,4-11H2,1-3H3. The van der Waals surface area contributed by atoms with Crippen LogP contribution >= 0.6 is 0 Å². The second-order valence-electron chi connectivity index (χ2n) is 5.74. The molecule has 0 saturated heterocycles. The van der Waals surface area contributed by atoms with Crippen molar-refractivity contribution in [1.82, 2.24) is 5.32 Å². The molecule has 0 aliphatic heterocycles. The van der Waals surface area contributed by atoms with Crippen molar-refractivity contribution >= 4 is 0 Å². The van der Waals surface area contributed by atoms with Gasteiger partial charge < -0.3 is 5.32 Å². The van der Waals surface area contributed by atoms with Crippen LogP contribution in [0.2, 0.25) is 0 Å². The van der Waals surface area contributed by atoms with Crippen molar-refractivity contribution in [2.45, 2.75) is 71.8 Å². The molecule has 1 heteroatoms. The van der Waals surface area contributed by atoms with Gasteiger partial charge in [0.1, 0.15) is 0 Å². The van der Waals surface area contributed by atoms with Crippen LogP contribution in [0.4, 0.5) is 0 Å².